The monoisotopic (exact) mass is 1420 g/mol. The summed E-state index contributed by atoms with van der Waals surface area (Å²) < 4.78 is 0. The Morgan fingerprint density at radius 3 is 0.624 bits per heavy atom. The second kappa shape index (κ2) is 60.7. The van der Waals surface area contributed by atoms with Crippen molar-refractivity contribution < 1.29 is 0 Å². The Morgan fingerprint density at radius 2 is 0.416 bits per heavy atom. The zero-order valence-corrected chi connectivity index (χ0v) is 74.3. The summed E-state index contributed by atoms with van der Waals surface area (Å²) in [6.07, 6.45) is 65.8. The lowest BCUT2D eigenvalue weighted by atomic mass is 9.75. The lowest BCUT2D eigenvalue weighted by molar-refractivity contribution is 0.210. The number of rotatable bonds is 19. The van der Waals surface area contributed by atoms with Crippen molar-refractivity contribution in [3.63, 3.8) is 0 Å². The van der Waals surface area contributed by atoms with Crippen molar-refractivity contribution in [3.8, 4) is 0 Å². The van der Waals surface area contributed by atoms with Gasteiger partial charge in [0.25, 0.3) is 0 Å². The van der Waals surface area contributed by atoms with Gasteiger partial charge in [-0.1, -0.05) is 367 Å². The predicted molar refractivity (Wildman–Crippen MR) is 464 cm³/mol. The molecule has 0 aliphatic heterocycles. The van der Waals surface area contributed by atoms with Crippen LogP contribution in [0.3, 0.4) is 0 Å². The molecule has 0 aromatic rings. The van der Waals surface area contributed by atoms with Crippen LogP contribution in [0, 0.1) is 154 Å². The van der Waals surface area contributed by atoms with Gasteiger partial charge in [-0.3, -0.25) is 0 Å². The van der Waals surface area contributed by atoms with Gasteiger partial charge in [0.1, 0.15) is 0 Å². The molecule has 9 aliphatic carbocycles. The SMILES string of the molecule is C.CC(C)CC1CCC(C)CC1.CC(C)CC1CCC(C)CC1.CC(C)CC1CCC(C)CC1.CC(C)CC1CCCC(N)C1.CC(C)CC1CCCCC1CN.CC(C)CC1CCC[C@@H](C)C1.CC(C)CC1CCC[C@H](C)C1.CC(C)C[C@H]1CCCC(C)C1.CC(C)C[C@H]1CCC[C@@H](C)C1. The second-order valence-electron chi connectivity index (χ2n) is 42.4. The largest absolute Gasteiger partial charge is 0.330 e. The molecule has 0 bridgehead atoms. The van der Waals surface area contributed by atoms with E-state index in [9.17, 15) is 0 Å². The number of hydrogen-bond acceptors (Lipinski definition) is 2. The van der Waals surface area contributed by atoms with E-state index in [1.54, 1.807) is 0 Å². The summed E-state index contributed by atoms with van der Waals surface area (Å²) in [7, 11) is 0. The van der Waals surface area contributed by atoms with E-state index in [-0.39, 0.29) is 7.43 Å². The summed E-state index contributed by atoms with van der Waals surface area (Å²) in [6, 6.07) is 0.507. The van der Waals surface area contributed by atoms with E-state index < -0.39 is 0 Å². The molecule has 9 saturated carbocycles. The highest BCUT2D eigenvalue weighted by molar-refractivity contribution is 4.80. The summed E-state index contributed by atoms with van der Waals surface area (Å²) in [6.45, 7) is 59.8. The lowest BCUT2D eigenvalue weighted by Crippen LogP contribution is -2.28. The van der Waals surface area contributed by atoms with Crippen LogP contribution < -0.4 is 11.5 Å². The Bertz CT molecular complexity index is 1510. The number of hydrogen-bond donors (Lipinski definition) is 2. The van der Waals surface area contributed by atoms with E-state index in [1.807, 2.05) is 0 Å². The van der Waals surface area contributed by atoms with Crippen molar-refractivity contribution in [2.24, 2.45) is 165 Å². The number of nitrogens with two attached hydrogens (primary N) is 2. The van der Waals surface area contributed by atoms with Crippen molar-refractivity contribution in [1.29, 1.82) is 0 Å². The summed E-state index contributed by atoms with van der Waals surface area (Å²) >= 11 is 0. The first kappa shape index (κ1) is 101. The first-order chi connectivity index (χ1) is 47.2. The molecule has 9 fully saturated rings. The van der Waals surface area contributed by atoms with Gasteiger partial charge >= 0.3 is 0 Å². The summed E-state index contributed by atoms with van der Waals surface area (Å²) in [5, 5.41) is 0. The Kier molecular flexibility index (Phi) is 60.6. The fraction of sp³-hybridized carbons (Fsp3) is 1.00. The zero-order chi connectivity index (χ0) is 75.1. The smallest absolute Gasteiger partial charge is 0.00414 e. The minimum Gasteiger partial charge on any atom is -0.330 e. The highest BCUT2D eigenvalue weighted by Gasteiger charge is 2.27. The molecular formula is C99H202N2. The van der Waals surface area contributed by atoms with E-state index in [0.717, 1.165) is 160 Å². The highest BCUT2D eigenvalue weighted by atomic mass is 14.6. The summed E-state index contributed by atoms with van der Waals surface area (Å²) in [4.78, 5) is 0. The molecule has 2 heteroatoms. The van der Waals surface area contributed by atoms with Gasteiger partial charge in [-0.15, -0.1) is 0 Å². The van der Waals surface area contributed by atoms with Crippen LogP contribution in [-0.4, -0.2) is 12.6 Å². The van der Waals surface area contributed by atoms with Gasteiger partial charge in [0.15, 0.2) is 0 Å². The molecule has 2 nitrogen and oxygen atoms in total. The fourth-order valence-electron chi connectivity index (χ4n) is 21.2. The van der Waals surface area contributed by atoms with Crippen LogP contribution in [0.5, 0.6) is 0 Å². The van der Waals surface area contributed by atoms with E-state index in [1.165, 1.54) is 289 Å². The maximum atomic E-state index is 5.90. The third-order valence-corrected chi connectivity index (χ3v) is 26.0. The molecule has 608 valence electrons. The molecule has 101 heavy (non-hydrogen) atoms. The van der Waals surface area contributed by atoms with E-state index in [2.05, 4.69) is 173 Å². The molecule has 7 unspecified atom stereocenters. The van der Waals surface area contributed by atoms with Crippen LogP contribution in [0.15, 0.2) is 0 Å². The molecule has 9 rings (SSSR count). The van der Waals surface area contributed by atoms with E-state index >= 15 is 0 Å². The third kappa shape index (κ3) is 57.6. The Balaban J connectivity index is 0.00000111. The maximum absolute atomic E-state index is 5.90. The average molecular weight is 1420 g/mol. The molecule has 0 saturated heterocycles. The molecule has 0 radical (unpaired) electrons. The molecule has 0 spiro atoms. The first-order valence-electron chi connectivity index (χ1n) is 46.6. The van der Waals surface area contributed by atoms with E-state index in [0.29, 0.717) is 6.04 Å². The molecule has 4 N–H and O–H groups in total. The summed E-state index contributed by atoms with van der Waals surface area (Å²) in [5.41, 5.74) is 11.7. The van der Waals surface area contributed by atoms with Gasteiger partial charge in [-0.2, -0.15) is 0 Å². The zero-order valence-electron chi connectivity index (χ0n) is 74.3. The van der Waals surface area contributed by atoms with Gasteiger partial charge < -0.3 is 11.5 Å². The molecule has 9 aliphatic rings. The van der Waals surface area contributed by atoms with Crippen molar-refractivity contribution >= 4 is 0 Å². The van der Waals surface area contributed by atoms with Crippen molar-refractivity contribution in [1.82, 2.24) is 0 Å². The molecule has 0 heterocycles. The minimum atomic E-state index is 0. The lowest BCUT2D eigenvalue weighted by Gasteiger charge is -2.31. The average Bonchev–Trinajstić information content (AvgIpc) is 0.939. The summed E-state index contributed by atoms with van der Waals surface area (Å²) in [5.74, 6) is 25.2. The molecule has 0 amide bonds. The fourth-order valence-corrected chi connectivity index (χ4v) is 21.2. The second-order valence-corrected chi connectivity index (χ2v) is 42.4. The van der Waals surface area contributed by atoms with E-state index in [4.69, 9.17) is 11.5 Å². The normalized spacial score (nSPS) is 32.2. The quantitative estimate of drug-likeness (QED) is 0.135. The first-order valence-corrected chi connectivity index (χ1v) is 46.6. The van der Waals surface area contributed by atoms with Crippen molar-refractivity contribution in [3.05, 3.63) is 0 Å². The molecular weight excluding hydrogens is 1220 g/mol. The van der Waals surface area contributed by atoms with Gasteiger partial charge in [0.2, 0.25) is 0 Å². The van der Waals surface area contributed by atoms with Crippen LogP contribution in [0.2, 0.25) is 0 Å². The predicted octanol–water partition coefficient (Wildman–Crippen LogP) is 33.0. The minimum absolute atomic E-state index is 0. The van der Waals surface area contributed by atoms with Crippen LogP contribution >= 0.6 is 0 Å². The molecule has 12 atom stereocenters. The third-order valence-electron chi connectivity index (χ3n) is 26.0. The standard InChI is InChI=1S/C11H23N.7C11H22.C10H21N.CH4/c1-9(2)7-10-5-3-4-6-11(10)8-12;3*1-9(2)8-11-6-4-10(3)5-7-11;4*1-9(2)7-11-6-4-5-10(3)8-11;1-8(2)6-9-4-3-5-10(11)7-9;/h9-11H,3-8,12H2,1-2H3;7*9-11H,4-8H2,1-3H3;8-10H,3-7,11H2,1-2H3;1H4/t;;;;10?,11-;2*10-,11?;10-,11-;;/m....1101../s1. The van der Waals surface area contributed by atoms with Gasteiger partial charge in [0.05, 0.1) is 0 Å². The highest BCUT2D eigenvalue weighted by Crippen LogP contribution is 2.39. The Morgan fingerprint density at radius 1 is 0.208 bits per heavy atom. The Labute approximate surface area is 643 Å². The topological polar surface area (TPSA) is 52.0 Å². The van der Waals surface area contributed by atoms with Gasteiger partial charge in [-0.05, 0) is 263 Å². The van der Waals surface area contributed by atoms with Crippen molar-refractivity contribution in [2.75, 3.05) is 6.54 Å². The van der Waals surface area contributed by atoms with Crippen LogP contribution in [-0.2, 0) is 0 Å². The van der Waals surface area contributed by atoms with Crippen LogP contribution in [0.4, 0.5) is 0 Å². The Hall–Kier alpha value is -0.0800. The van der Waals surface area contributed by atoms with Gasteiger partial charge in [-0.25, -0.2) is 0 Å². The van der Waals surface area contributed by atoms with Crippen molar-refractivity contribution in [2.45, 2.75) is 475 Å². The van der Waals surface area contributed by atoms with Crippen LogP contribution in [0.25, 0.3) is 0 Å². The molecule has 0 aromatic carbocycles. The van der Waals surface area contributed by atoms with Crippen LogP contribution in [0.1, 0.15) is 469 Å². The molecule has 0 aromatic heterocycles. The van der Waals surface area contributed by atoms with Gasteiger partial charge in [0, 0.05) is 6.04 Å². The maximum Gasteiger partial charge on any atom is 0.00414 e.